The van der Waals surface area contributed by atoms with Crippen LogP contribution in [0.25, 0.3) is 0 Å². The van der Waals surface area contributed by atoms with Gasteiger partial charge in [0, 0.05) is 8.95 Å². The Labute approximate surface area is 92.4 Å². The van der Waals surface area contributed by atoms with E-state index in [0.717, 1.165) is 14.5 Å². The normalized spacial score (nSPS) is 10.0. The first kappa shape index (κ1) is 10.2. The summed E-state index contributed by atoms with van der Waals surface area (Å²) in [5.74, 6) is 0. The highest BCUT2D eigenvalue weighted by Crippen LogP contribution is 2.27. The second-order valence-corrected chi connectivity index (χ2v) is 4.35. The second-order valence-electron chi connectivity index (χ2n) is 2.30. The number of hydrogen-bond donors (Lipinski definition) is 0. The predicted molar refractivity (Wildman–Crippen MR) is 56.8 cm³/mol. The molecule has 4 heteroatoms. The van der Waals surface area contributed by atoms with Gasteiger partial charge in [0.15, 0.2) is 0 Å². The van der Waals surface area contributed by atoms with Crippen LogP contribution in [0, 0.1) is 6.92 Å². The van der Waals surface area contributed by atoms with Crippen molar-refractivity contribution < 1.29 is 4.79 Å². The van der Waals surface area contributed by atoms with Crippen molar-refractivity contribution in [1.82, 2.24) is 0 Å². The van der Waals surface area contributed by atoms with Gasteiger partial charge >= 0.3 is 0 Å². The van der Waals surface area contributed by atoms with Gasteiger partial charge in [0.2, 0.25) is 0 Å². The fraction of sp³-hybridized carbons (Fsp3) is 0.125. The lowest BCUT2D eigenvalue weighted by atomic mass is 10.1. The van der Waals surface area contributed by atoms with Crippen molar-refractivity contribution in [1.29, 1.82) is 0 Å². The molecule has 0 saturated heterocycles. The predicted octanol–water partition coefficient (Wildman–Crippen LogP) is 3.90. The molecule has 0 saturated carbocycles. The molecule has 0 N–H and O–H groups in total. The van der Waals surface area contributed by atoms with Crippen molar-refractivity contribution >= 4 is 48.7 Å². The summed E-state index contributed by atoms with van der Waals surface area (Å²) >= 11 is 12.0. The maximum absolute atomic E-state index is 11.0. The average Bonchev–Trinajstić information content (AvgIpc) is 1.97. The van der Waals surface area contributed by atoms with Crippen LogP contribution < -0.4 is 0 Å². The first-order chi connectivity index (χ1) is 5.54. The van der Waals surface area contributed by atoms with E-state index in [9.17, 15) is 4.79 Å². The van der Waals surface area contributed by atoms with Gasteiger partial charge < -0.3 is 0 Å². The van der Waals surface area contributed by atoms with E-state index in [-0.39, 0.29) is 0 Å². The number of benzene rings is 1. The molecule has 0 fully saturated rings. The molecule has 0 aliphatic heterocycles. The van der Waals surface area contributed by atoms with Crippen LogP contribution in [-0.2, 0) is 0 Å². The molecule has 0 heterocycles. The molecule has 0 amide bonds. The van der Waals surface area contributed by atoms with E-state index in [1.807, 2.05) is 13.0 Å². The Hall–Kier alpha value is 0.140. The van der Waals surface area contributed by atoms with Gasteiger partial charge in [0.05, 0.1) is 5.56 Å². The summed E-state index contributed by atoms with van der Waals surface area (Å²) in [6.45, 7) is 1.84. The molecule has 0 aromatic heterocycles. The van der Waals surface area contributed by atoms with E-state index in [4.69, 9.17) is 11.6 Å². The molecule has 1 rings (SSSR count). The van der Waals surface area contributed by atoms with Crippen molar-refractivity contribution in [2.75, 3.05) is 0 Å². The van der Waals surface area contributed by atoms with Crippen LogP contribution >= 0.6 is 43.5 Å². The summed E-state index contributed by atoms with van der Waals surface area (Å²) in [4.78, 5) is 11.0. The summed E-state index contributed by atoms with van der Waals surface area (Å²) in [6.07, 6.45) is 0. The highest BCUT2D eigenvalue weighted by Gasteiger charge is 2.12. The Morgan fingerprint density at radius 3 is 2.25 bits per heavy atom. The minimum Gasteiger partial charge on any atom is -0.276 e. The SMILES string of the molecule is Cc1c(Br)ccc(Br)c1C(=O)Cl. The Kier molecular flexibility index (Phi) is 3.32. The van der Waals surface area contributed by atoms with Crippen LogP contribution in [-0.4, -0.2) is 5.24 Å². The standard InChI is InChI=1S/C8H5Br2ClO/c1-4-5(9)2-3-6(10)7(4)8(11)12/h2-3H,1H3. The number of rotatable bonds is 1. The minimum absolute atomic E-state index is 0.444. The summed E-state index contributed by atoms with van der Waals surface area (Å²) in [5.41, 5.74) is 1.37. The number of carbonyl (C=O) groups is 1. The quantitative estimate of drug-likeness (QED) is 0.719. The van der Waals surface area contributed by atoms with E-state index in [2.05, 4.69) is 31.9 Å². The third kappa shape index (κ3) is 1.90. The zero-order valence-corrected chi connectivity index (χ0v) is 10.1. The summed E-state index contributed by atoms with van der Waals surface area (Å²) in [5, 5.41) is -0.444. The maximum Gasteiger partial charge on any atom is 0.253 e. The first-order valence-corrected chi connectivity index (χ1v) is 5.15. The lowest BCUT2D eigenvalue weighted by molar-refractivity contribution is 0.108. The van der Waals surface area contributed by atoms with Gasteiger partial charge in [0.1, 0.15) is 0 Å². The van der Waals surface area contributed by atoms with E-state index in [1.54, 1.807) is 6.07 Å². The fourth-order valence-corrected chi connectivity index (χ4v) is 2.19. The third-order valence-corrected chi connectivity index (χ3v) is 3.25. The van der Waals surface area contributed by atoms with E-state index >= 15 is 0 Å². The number of halogens is 3. The van der Waals surface area contributed by atoms with Crippen LogP contribution in [0.2, 0.25) is 0 Å². The molecule has 64 valence electrons. The molecular formula is C8H5Br2ClO. The summed E-state index contributed by atoms with van der Waals surface area (Å²) in [7, 11) is 0. The van der Waals surface area contributed by atoms with Crippen LogP contribution in [0.3, 0.4) is 0 Å². The van der Waals surface area contributed by atoms with Crippen LogP contribution in [0.5, 0.6) is 0 Å². The van der Waals surface area contributed by atoms with Gasteiger partial charge in [0.25, 0.3) is 5.24 Å². The zero-order chi connectivity index (χ0) is 9.30. The van der Waals surface area contributed by atoms with Crippen molar-refractivity contribution in [3.05, 3.63) is 32.2 Å². The van der Waals surface area contributed by atoms with Gasteiger partial charge in [-0.05, 0) is 52.2 Å². The zero-order valence-electron chi connectivity index (χ0n) is 6.20. The highest BCUT2D eigenvalue weighted by molar-refractivity contribution is 9.11. The van der Waals surface area contributed by atoms with Gasteiger partial charge in [-0.2, -0.15) is 0 Å². The molecular weight excluding hydrogens is 307 g/mol. The molecule has 0 radical (unpaired) electrons. The minimum atomic E-state index is -0.444. The van der Waals surface area contributed by atoms with Gasteiger partial charge in [-0.15, -0.1) is 0 Å². The van der Waals surface area contributed by atoms with Gasteiger partial charge in [-0.1, -0.05) is 15.9 Å². The summed E-state index contributed by atoms with van der Waals surface area (Å²) in [6, 6.07) is 3.65. The lowest BCUT2D eigenvalue weighted by Crippen LogP contribution is -1.95. The molecule has 1 aromatic carbocycles. The monoisotopic (exact) mass is 310 g/mol. The fourth-order valence-electron chi connectivity index (χ4n) is 0.894. The first-order valence-electron chi connectivity index (χ1n) is 3.18. The molecule has 1 aromatic rings. The largest absolute Gasteiger partial charge is 0.276 e. The molecule has 0 aliphatic rings. The van der Waals surface area contributed by atoms with Crippen molar-refractivity contribution in [2.45, 2.75) is 6.92 Å². The van der Waals surface area contributed by atoms with E-state index < -0.39 is 5.24 Å². The molecule has 0 spiro atoms. The Bertz CT molecular complexity index is 336. The summed E-state index contributed by atoms with van der Waals surface area (Å²) < 4.78 is 1.61. The molecule has 1 nitrogen and oxygen atoms in total. The van der Waals surface area contributed by atoms with Crippen LogP contribution in [0.15, 0.2) is 21.1 Å². The number of hydrogen-bond acceptors (Lipinski definition) is 1. The third-order valence-electron chi connectivity index (χ3n) is 1.54. The number of carbonyl (C=O) groups excluding carboxylic acids is 1. The molecule has 0 aliphatic carbocycles. The van der Waals surface area contributed by atoms with E-state index in [1.165, 1.54) is 0 Å². The van der Waals surface area contributed by atoms with Crippen molar-refractivity contribution in [3.8, 4) is 0 Å². The Morgan fingerprint density at radius 1 is 1.33 bits per heavy atom. The topological polar surface area (TPSA) is 17.1 Å². The molecule has 0 bridgehead atoms. The molecule has 0 unspecified atom stereocenters. The van der Waals surface area contributed by atoms with Crippen molar-refractivity contribution in [3.63, 3.8) is 0 Å². The van der Waals surface area contributed by atoms with Gasteiger partial charge in [-0.25, -0.2) is 0 Å². The maximum atomic E-state index is 11.0. The van der Waals surface area contributed by atoms with Crippen molar-refractivity contribution in [2.24, 2.45) is 0 Å². The Morgan fingerprint density at radius 2 is 1.83 bits per heavy atom. The van der Waals surface area contributed by atoms with Crippen LogP contribution in [0.4, 0.5) is 0 Å². The highest BCUT2D eigenvalue weighted by atomic mass is 79.9. The molecule has 12 heavy (non-hydrogen) atoms. The lowest BCUT2D eigenvalue weighted by Gasteiger charge is -2.04. The molecule has 0 atom stereocenters. The van der Waals surface area contributed by atoms with Gasteiger partial charge in [-0.3, -0.25) is 4.79 Å². The van der Waals surface area contributed by atoms with E-state index in [0.29, 0.717) is 5.56 Å². The second kappa shape index (κ2) is 3.90. The Balaban J connectivity index is 3.43. The smallest absolute Gasteiger partial charge is 0.253 e. The van der Waals surface area contributed by atoms with Crippen LogP contribution in [0.1, 0.15) is 15.9 Å². The average molecular weight is 312 g/mol.